The van der Waals surface area contributed by atoms with E-state index < -0.39 is 12.1 Å². The van der Waals surface area contributed by atoms with E-state index in [1.54, 1.807) is 30.5 Å². The number of fused-ring (bicyclic) bond motifs is 1. The predicted molar refractivity (Wildman–Crippen MR) is 153 cm³/mol. The van der Waals surface area contributed by atoms with Gasteiger partial charge in [-0.1, -0.05) is 30.3 Å². The van der Waals surface area contributed by atoms with Gasteiger partial charge in [0.2, 0.25) is 0 Å². The number of pyridine rings is 1. The number of carbonyl (C=O) groups excluding carboxylic acids is 1. The molecular formula is C31H33N3O7. The molecular weight excluding hydrogens is 526 g/mol. The second kappa shape index (κ2) is 14.8. The Morgan fingerprint density at radius 2 is 1.73 bits per heavy atom. The molecule has 0 radical (unpaired) electrons. The van der Waals surface area contributed by atoms with Crippen molar-refractivity contribution in [3.05, 3.63) is 96.2 Å². The molecule has 4 aromatic rings. The lowest BCUT2D eigenvalue weighted by atomic mass is 10.1. The van der Waals surface area contributed by atoms with Gasteiger partial charge in [0.1, 0.15) is 30.0 Å². The fourth-order valence-corrected chi connectivity index (χ4v) is 4.11. The fraction of sp³-hybridized carbons (Fsp3) is 0.258. The van der Waals surface area contributed by atoms with Gasteiger partial charge in [0.05, 0.1) is 18.5 Å². The quantitative estimate of drug-likeness (QED) is 0.148. The Bertz CT molecular complexity index is 1430. The van der Waals surface area contributed by atoms with Gasteiger partial charge in [0.25, 0.3) is 5.91 Å². The van der Waals surface area contributed by atoms with Crippen LogP contribution in [0.2, 0.25) is 0 Å². The molecule has 4 rings (SSSR count). The summed E-state index contributed by atoms with van der Waals surface area (Å²) in [5, 5.41) is 35.3. The Labute approximate surface area is 237 Å². The molecule has 10 nitrogen and oxygen atoms in total. The van der Waals surface area contributed by atoms with E-state index in [2.05, 4.69) is 15.6 Å². The zero-order valence-electron chi connectivity index (χ0n) is 22.4. The van der Waals surface area contributed by atoms with Gasteiger partial charge in [-0.25, -0.2) is 0 Å². The molecule has 3 aromatic carbocycles. The largest absolute Gasteiger partial charge is 0.491 e. The Hall–Kier alpha value is -4.51. The highest BCUT2D eigenvalue weighted by molar-refractivity contribution is 5.98. The molecule has 2 atom stereocenters. The standard InChI is InChI=1S/C31H33N3O7/c35-19-23(34-18-24(36)20-40-25-4-2-1-3-5-25)16-21-6-9-26(10-7-21)41-29-12-14-32-28-17-22(8-11-27(28)29)31(39)33-15-13-30(37)38/h1-12,14,17,23-24,34-36H,13,15-16,18-20H2,(H,33,39)(H,37,38)/t23-,24-/m0/s1. The molecule has 0 aliphatic rings. The Balaban J connectivity index is 1.30. The van der Waals surface area contributed by atoms with Crippen LogP contribution >= 0.6 is 0 Å². The molecule has 0 unspecified atom stereocenters. The van der Waals surface area contributed by atoms with E-state index >= 15 is 0 Å². The number of nitrogens with zero attached hydrogens (tertiary/aromatic N) is 1. The first-order valence-corrected chi connectivity index (χ1v) is 13.3. The molecule has 0 aliphatic carbocycles. The van der Waals surface area contributed by atoms with Gasteiger partial charge in [0.15, 0.2) is 0 Å². The smallest absolute Gasteiger partial charge is 0.305 e. The van der Waals surface area contributed by atoms with Crippen molar-refractivity contribution in [2.75, 3.05) is 26.3 Å². The molecule has 1 amide bonds. The fourth-order valence-electron chi connectivity index (χ4n) is 4.11. The zero-order valence-corrected chi connectivity index (χ0v) is 22.4. The minimum atomic E-state index is -0.981. The number of nitrogens with one attached hydrogen (secondary N) is 2. The number of hydrogen-bond acceptors (Lipinski definition) is 8. The van der Waals surface area contributed by atoms with E-state index in [-0.39, 0.29) is 44.7 Å². The number of amides is 1. The maximum absolute atomic E-state index is 12.3. The minimum absolute atomic E-state index is 0.0412. The van der Waals surface area contributed by atoms with Gasteiger partial charge in [-0.05, 0) is 60.5 Å². The van der Waals surface area contributed by atoms with Crippen LogP contribution in [0.1, 0.15) is 22.3 Å². The van der Waals surface area contributed by atoms with Crippen LogP contribution in [0.5, 0.6) is 17.2 Å². The highest BCUT2D eigenvalue weighted by Crippen LogP contribution is 2.29. The highest BCUT2D eigenvalue weighted by Gasteiger charge is 2.13. The van der Waals surface area contributed by atoms with Crippen LogP contribution in [0.15, 0.2) is 85.1 Å². The number of rotatable bonds is 15. The van der Waals surface area contributed by atoms with Gasteiger partial charge in [-0.2, -0.15) is 0 Å². The van der Waals surface area contributed by atoms with Gasteiger partial charge in [-0.15, -0.1) is 0 Å². The molecule has 1 heterocycles. The van der Waals surface area contributed by atoms with E-state index in [4.69, 9.17) is 14.6 Å². The third kappa shape index (κ3) is 9.00. The zero-order chi connectivity index (χ0) is 29.0. The number of benzene rings is 3. The van der Waals surface area contributed by atoms with Crippen molar-refractivity contribution >= 4 is 22.8 Å². The summed E-state index contributed by atoms with van der Waals surface area (Å²) >= 11 is 0. The second-order valence-electron chi connectivity index (χ2n) is 9.46. The monoisotopic (exact) mass is 559 g/mol. The van der Waals surface area contributed by atoms with Crippen LogP contribution in [0, 0.1) is 0 Å². The summed E-state index contributed by atoms with van der Waals surface area (Å²) in [5.41, 5.74) is 1.93. The van der Waals surface area contributed by atoms with Crippen LogP contribution < -0.4 is 20.1 Å². The Morgan fingerprint density at radius 3 is 2.46 bits per heavy atom. The molecule has 10 heteroatoms. The number of aliphatic carboxylic acids is 1. The van der Waals surface area contributed by atoms with Crippen molar-refractivity contribution in [3.63, 3.8) is 0 Å². The van der Waals surface area contributed by atoms with Crippen LogP contribution in [0.25, 0.3) is 10.9 Å². The Kier molecular flexibility index (Phi) is 10.6. The first-order chi connectivity index (χ1) is 19.9. The second-order valence-corrected chi connectivity index (χ2v) is 9.46. The Morgan fingerprint density at radius 1 is 0.951 bits per heavy atom. The summed E-state index contributed by atoms with van der Waals surface area (Å²) < 4.78 is 11.7. The molecule has 0 fully saturated rings. The number of aliphatic hydroxyl groups excluding tert-OH is 2. The average molecular weight is 560 g/mol. The van der Waals surface area contributed by atoms with Gasteiger partial charge >= 0.3 is 5.97 Å². The lowest BCUT2D eigenvalue weighted by Gasteiger charge is -2.19. The average Bonchev–Trinajstić information content (AvgIpc) is 2.99. The molecule has 0 saturated carbocycles. The summed E-state index contributed by atoms with van der Waals surface area (Å²) in [6, 6.07) is 23.3. The van der Waals surface area contributed by atoms with Crippen molar-refractivity contribution in [2.24, 2.45) is 0 Å². The summed E-state index contributed by atoms with van der Waals surface area (Å²) in [6.45, 7) is 0.374. The molecule has 214 valence electrons. The molecule has 5 N–H and O–H groups in total. The lowest BCUT2D eigenvalue weighted by Crippen LogP contribution is -2.41. The summed E-state index contributed by atoms with van der Waals surface area (Å²) in [5.74, 6) is 0.517. The van der Waals surface area contributed by atoms with Crippen molar-refractivity contribution in [1.82, 2.24) is 15.6 Å². The molecule has 0 spiro atoms. The number of carboxylic acid groups (broad SMARTS) is 1. The number of para-hydroxylation sites is 1. The highest BCUT2D eigenvalue weighted by atomic mass is 16.5. The van der Waals surface area contributed by atoms with Crippen LogP contribution in [-0.2, 0) is 11.2 Å². The molecule has 0 aliphatic heterocycles. The van der Waals surface area contributed by atoms with E-state index in [0.717, 1.165) is 10.9 Å². The van der Waals surface area contributed by atoms with Crippen molar-refractivity contribution in [3.8, 4) is 17.2 Å². The van der Waals surface area contributed by atoms with Crippen molar-refractivity contribution in [2.45, 2.75) is 25.0 Å². The third-order valence-electron chi connectivity index (χ3n) is 6.27. The summed E-state index contributed by atoms with van der Waals surface area (Å²) in [4.78, 5) is 27.3. The molecule has 0 saturated heterocycles. The number of aliphatic hydroxyl groups is 2. The van der Waals surface area contributed by atoms with Gasteiger partial charge in [-0.3, -0.25) is 14.6 Å². The van der Waals surface area contributed by atoms with Crippen molar-refractivity contribution < 1.29 is 34.4 Å². The normalized spacial score (nSPS) is 12.4. The maximum Gasteiger partial charge on any atom is 0.305 e. The first kappa shape index (κ1) is 29.5. The minimum Gasteiger partial charge on any atom is -0.491 e. The molecule has 0 bridgehead atoms. The molecule has 1 aromatic heterocycles. The predicted octanol–water partition coefficient (Wildman–Crippen LogP) is 3.16. The lowest BCUT2D eigenvalue weighted by molar-refractivity contribution is -0.136. The van der Waals surface area contributed by atoms with Gasteiger partial charge in [0, 0.05) is 36.3 Å². The number of carbonyl (C=O) groups is 2. The van der Waals surface area contributed by atoms with Crippen LogP contribution in [-0.4, -0.2) is 70.6 Å². The van der Waals surface area contributed by atoms with Crippen molar-refractivity contribution in [1.29, 1.82) is 0 Å². The summed E-state index contributed by atoms with van der Waals surface area (Å²) in [7, 11) is 0. The number of carboxylic acids is 1. The van der Waals surface area contributed by atoms with Crippen LogP contribution in [0.3, 0.4) is 0 Å². The maximum atomic E-state index is 12.3. The topological polar surface area (TPSA) is 150 Å². The van der Waals surface area contributed by atoms with Crippen LogP contribution in [0.4, 0.5) is 0 Å². The first-order valence-electron chi connectivity index (χ1n) is 13.3. The number of aromatic nitrogens is 1. The van der Waals surface area contributed by atoms with E-state index in [0.29, 0.717) is 34.7 Å². The summed E-state index contributed by atoms with van der Waals surface area (Å²) in [6.07, 6.45) is 1.27. The van der Waals surface area contributed by atoms with E-state index in [1.165, 1.54) is 0 Å². The van der Waals surface area contributed by atoms with E-state index in [9.17, 15) is 19.8 Å². The molecule has 41 heavy (non-hydrogen) atoms. The SMILES string of the molecule is O=C(O)CCNC(=O)c1ccc2c(Oc3ccc(C[C@@H](CO)NC[C@H](O)COc4ccccc4)cc3)ccnc2c1. The number of hydrogen-bond donors (Lipinski definition) is 5. The third-order valence-corrected chi connectivity index (χ3v) is 6.27. The number of ether oxygens (including phenoxy) is 2. The van der Waals surface area contributed by atoms with Gasteiger partial charge < -0.3 is 35.4 Å². The van der Waals surface area contributed by atoms with E-state index in [1.807, 2.05) is 54.6 Å².